The minimum atomic E-state index is -0.432. The first kappa shape index (κ1) is 20.1. The molecule has 0 amide bonds. The number of Topliss-reactive ketones (excluding diaryl/α,β-unsaturated/α-hetero) is 2. The summed E-state index contributed by atoms with van der Waals surface area (Å²) in [7, 11) is 1.32. The minimum Gasteiger partial charge on any atom is -0.485 e. The number of allylic oxidation sites excluding steroid dienone is 1. The van der Waals surface area contributed by atoms with E-state index in [-0.39, 0.29) is 23.9 Å². The van der Waals surface area contributed by atoms with E-state index in [1.807, 2.05) is 6.07 Å². The van der Waals surface area contributed by atoms with Gasteiger partial charge >= 0.3 is 5.97 Å². The molecule has 0 N–H and O–H groups in total. The lowest BCUT2D eigenvalue weighted by atomic mass is 10.1. The largest absolute Gasteiger partial charge is 0.485 e. The zero-order valence-corrected chi connectivity index (χ0v) is 16.7. The van der Waals surface area contributed by atoms with Crippen molar-refractivity contribution in [2.45, 2.75) is 0 Å². The molecule has 6 nitrogen and oxygen atoms in total. The van der Waals surface area contributed by atoms with Crippen LogP contribution in [0.25, 0.3) is 6.08 Å². The Labute approximate surface area is 178 Å². The van der Waals surface area contributed by atoms with Crippen LogP contribution in [0.3, 0.4) is 0 Å². The standard InChI is InChI=1S/C25H18O6/c1-29-25(28)18-9-7-16(8-10-18)13-23-24(27)20-12-11-19(14-22(20)31-23)30-15-21(26)17-5-3-2-4-6-17/h2-14H,15H2,1H3. The van der Waals surface area contributed by atoms with Gasteiger partial charge in [0.15, 0.2) is 18.1 Å². The van der Waals surface area contributed by atoms with Crippen molar-refractivity contribution in [3.05, 3.63) is 101 Å². The molecule has 6 heteroatoms. The molecule has 1 aliphatic heterocycles. The van der Waals surface area contributed by atoms with Crippen molar-refractivity contribution >= 4 is 23.6 Å². The van der Waals surface area contributed by atoms with Crippen LogP contribution >= 0.6 is 0 Å². The summed E-state index contributed by atoms with van der Waals surface area (Å²) >= 11 is 0. The molecule has 0 aliphatic carbocycles. The van der Waals surface area contributed by atoms with E-state index < -0.39 is 5.97 Å². The molecule has 3 aromatic carbocycles. The molecule has 0 unspecified atom stereocenters. The topological polar surface area (TPSA) is 78.9 Å². The van der Waals surface area contributed by atoms with Gasteiger partial charge in [-0.1, -0.05) is 42.5 Å². The van der Waals surface area contributed by atoms with E-state index in [0.29, 0.717) is 33.8 Å². The monoisotopic (exact) mass is 414 g/mol. The predicted molar refractivity (Wildman–Crippen MR) is 113 cm³/mol. The van der Waals surface area contributed by atoms with Crippen molar-refractivity contribution in [1.29, 1.82) is 0 Å². The Hall–Kier alpha value is -4.19. The fraction of sp³-hybridized carbons (Fsp3) is 0.0800. The fourth-order valence-electron chi connectivity index (χ4n) is 3.10. The van der Waals surface area contributed by atoms with E-state index >= 15 is 0 Å². The molecule has 3 aromatic rings. The van der Waals surface area contributed by atoms with Crippen LogP contribution in [-0.4, -0.2) is 31.3 Å². The van der Waals surface area contributed by atoms with E-state index in [9.17, 15) is 14.4 Å². The highest BCUT2D eigenvalue weighted by atomic mass is 16.5. The van der Waals surface area contributed by atoms with E-state index in [4.69, 9.17) is 9.47 Å². The Kier molecular flexibility index (Phi) is 5.62. The Morgan fingerprint density at radius 3 is 2.39 bits per heavy atom. The second kappa shape index (κ2) is 8.67. The first-order chi connectivity index (χ1) is 15.0. The Bertz CT molecular complexity index is 1180. The number of esters is 1. The van der Waals surface area contributed by atoms with Crippen molar-refractivity contribution in [2.24, 2.45) is 0 Å². The predicted octanol–water partition coefficient (Wildman–Crippen LogP) is 4.35. The summed E-state index contributed by atoms with van der Waals surface area (Å²) in [4.78, 5) is 36.3. The number of methoxy groups -OCH3 is 1. The van der Waals surface area contributed by atoms with Gasteiger partial charge in [-0.25, -0.2) is 4.79 Å². The molecular formula is C25H18O6. The number of fused-ring (bicyclic) bond motifs is 1. The molecule has 0 radical (unpaired) electrons. The molecule has 0 atom stereocenters. The van der Waals surface area contributed by atoms with Crippen molar-refractivity contribution in [2.75, 3.05) is 13.7 Å². The Balaban J connectivity index is 1.46. The summed E-state index contributed by atoms with van der Waals surface area (Å²) in [6.45, 7) is -0.119. The molecule has 0 aromatic heterocycles. The maximum atomic E-state index is 12.6. The van der Waals surface area contributed by atoms with Crippen LogP contribution in [0, 0.1) is 0 Å². The third-order valence-electron chi connectivity index (χ3n) is 4.74. The van der Waals surface area contributed by atoms with E-state index in [0.717, 1.165) is 0 Å². The molecule has 1 aliphatic rings. The summed E-state index contributed by atoms with van der Waals surface area (Å²) in [6, 6.07) is 20.3. The van der Waals surface area contributed by atoms with Crippen molar-refractivity contribution < 1.29 is 28.6 Å². The number of hydrogen-bond donors (Lipinski definition) is 0. The quantitative estimate of drug-likeness (QED) is 0.339. The van der Waals surface area contributed by atoms with Gasteiger partial charge in [0.25, 0.3) is 0 Å². The third-order valence-corrected chi connectivity index (χ3v) is 4.74. The zero-order valence-electron chi connectivity index (χ0n) is 16.7. The van der Waals surface area contributed by atoms with Gasteiger partial charge in [-0.2, -0.15) is 0 Å². The highest BCUT2D eigenvalue weighted by Crippen LogP contribution is 2.35. The van der Waals surface area contributed by atoms with Gasteiger partial charge in [-0.15, -0.1) is 0 Å². The Morgan fingerprint density at radius 1 is 0.935 bits per heavy atom. The molecule has 4 rings (SSSR count). The second-order valence-corrected chi connectivity index (χ2v) is 6.79. The van der Waals surface area contributed by atoms with E-state index in [1.165, 1.54) is 7.11 Å². The lowest BCUT2D eigenvalue weighted by Gasteiger charge is -2.06. The fourth-order valence-corrected chi connectivity index (χ4v) is 3.10. The average Bonchev–Trinajstić information content (AvgIpc) is 3.12. The van der Waals surface area contributed by atoms with Gasteiger partial charge in [-0.3, -0.25) is 9.59 Å². The highest BCUT2D eigenvalue weighted by Gasteiger charge is 2.27. The molecule has 0 spiro atoms. The molecule has 0 fully saturated rings. The van der Waals surface area contributed by atoms with E-state index in [1.54, 1.807) is 72.8 Å². The number of ether oxygens (including phenoxy) is 3. The first-order valence-corrected chi connectivity index (χ1v) is 9.53. The van der Waals surface area contributed by atoms with Gasteiger partial charge in [0, 0.05) is 11.6 Å². The Morgan fingerprint density at radius 2 is 1.68 bits per heavy atom. The SMILES string of the molecule is COC(=O)c1ccc(C=C2Oc3cc(OCC(=O)c4ccccc4)ccc3C2=O)cc1. The first-order valence-electron chi connectivity index (χ1n) is 9.53. The van der Waals surface area contributed by atoms with Crippen molar-refractivity contribution in [3.8, 4) is 11.5 Å². The summed E-state index contributed by atoms with van der Waals surface area (Å²) in [6.07, 6.45) is 1.60. The number of carbonyl (C=O) groups excluding carboxylic acids is 3. The van der Waals surface area contributed by atoms with Crippen LogP contribution in [0.5, 0.6) is 11.5 Å². The van der Waals surface area contributed by atoms with Crippen LogP contribution in [-0.2, 0) is 4.74 Å². The van der Waals surface area contributed by atoms with Gasteiger partial charge in [-0.05, 0) is 35.9 Å². The normalized spacial score (nSPS) is 13.5. The lowest BCUT2D eigenvalue weighted by molar-refractivity contribution is 0.0600. The molecule has 0 saturated heterocycles. The molecular weight excluding hydrogens is 396 g/mol. The smallest absolute Gasteiger partial charge is 0.337 e. The molecule has 31 heavy (non-hydrogen) atoms. The molecule has 0 bridgehead atoms. The van der Waals surface area contributed by atoms with Gasteiger partial charge in [0.05, 0.1) is 18.2 Å². The average molecular weight is 414 g/mol. The van der Waals surface area contributed by atoms with Crippen molar-refractivity contribution in [1.82, 2.24) is 0 Å². The number of hydrogen-bond acceptors (Lipinski definition) is 6. The molecule has 154 valence electrons. The summed E-state index contributed by atoms with van der Waals surface area (Å²) in [5, 5.41) is 0. The number of rotatable bonds is 6. The number of benzene rings is 3. The summed E-state index contributed by atoms with van der Waals surface area (Å²) < 4.78 is 16.0. The van der Waals surface area contributed by atoms with E-state index in [2.05, 4.69) is 4.74 Å². The summed E-state index contributed by atoms with van der Waals surface area (Å²) in [5.74, 6) is 0.135. The maximum Gasteiger partial charge on any atom is 0.337 e. The number of carbonyl (C=O) groups is 3. The van der Waals surface area contributed by atoms with Crippen molar-refractivity contribution in [3.63, 3.8) is 0 Å². The van der Waals surface area contributed by atoms with Crippen LogP contribution < -0.4 is 9.47 Å². The third kappa shape index (κ3) is 4.38. The lowest BCUT2D eigenvalue weighted by Crippen LogP contribution is -2.11. The van der Waals surface area contributed by atoms with Gasteiger partial charge in [0.2, 0.25) is 5.78 Å². The molecule has 1 heterocycles. The van der Waals surface area contributed by atoms with Gasteiger partial charge in [0.1, 0.15) is 11.5 Å². The van der Waals surface area contributed by atoms with Crippen LogP contribution in [0.1, 0.15) is 36.6 Å². The zero-order chi connectivity index (χ0) is 21.8. The van der Waals surface area contributed by atoms with Crippen LogP contribution in [0.15, 0.2) is 78.6 Å². The number of ketones is 2. The minimum absolute atomic E-state index is 0.119. The maximum absolute atomic E-state index is 12.6. The van der Waals surface area contributed by atoms with Crippen LogP contribution in [0.2, 0.25) is 0 Å². The van der Waals surface area contributed by atoms with Gasteiger partial charge < -0.3 is 14.2 Å². The summed E-state index contributed by atoms with van der Waals surface area (Å²) in [5.41, 5.74) is 2.10. The van der Waals surface area contributed by atoms with Crippen LogP contribution in [0.4, 0.5) is 0 Å². The second-order valence-electron chi connectivity index (χ2n) is 6.79. The highest BCUT2D eigenvalue weighted by molar-refractivity contribution is 6.14. The molecule has 0 saturated carbocycles.